The zero-order valence-electron chi connectivity index (χ0n) is 15.7. The molecule has 0 atom stereocenters. The van der Waals surface area contributed by atoms with E-state index in [4.69, 9.17) is 4.42 Å². The third-order valence-corrected chi connectivity index (χ3v) is 4.96. The molecular formula is C23H22N2O3. The summed E-state index contributed by atoms with van der Waals surface area (Å²) >= 11 is 0. The molecule has 1 saturated carbocycles. The van der Waals surface area contributed by atoms with Gasteiger partial charge in [-0.25, -0.2) is 0 Å². The number of carbonyl (C=O) groups excluding carboxylic acids is 2. The second-order valence-corrected chi connectivity index (χ2v) is 7.19. The summed E-state index contributed by atoms with van der Waals surface area (Å²) in [6, 6.07) is 16.7. The van der Waals surface area contributed by atoms with Crippen LogP contribution in [0.25, 0.3) is 11.1 Å². The van der Waals surface area contributed by atoms with Crippen LogP contribution in [0.5, 0.6) is 0 Å². The molecule has 1 heterocycles. The molecule has 142 valence electrons. The van der Waals surface area contributed by atoms with Crippen LogP contribution < -0.4 is 10.6 Å². The van der Waals surface area contributed by atoms with Gasteiger partial charge >= 0.3 is 0 Å². The minimum atomic E-state index is -0.284. The van der Waals surface area contributed by atoms with Crippen LogP contribution >= 0.6 is 0 Å². The van der Waals surface area contributed by atoms with E-state index < -0.39 is 0 Å². The zero-order valence-corrected chi connectivity index (χ0v) is 15.7. The van der Waals surface area contributed by atoms with Gasteiger partial charge in [0.2, 0.25) is 0 Å². The molecule has 1 aliphatic rings. The molecule has 3 aromatic rings. The van der Waals surface area contributed by atoms with Gasteiger partial charge in [-0.15, -0.1) is 0 Å². The fourth-order valence-electron chi connectivity index (χ4n) is 3.00. The second-order valence-electron chi connectivity index (χ2n) is 7.19. The van der Waals surface area contributed by atoms with Gasteiger partial charge in [0.25, 0.3) is 11.8 Å². The van der Waals surface area contributed by atoms with Crippen molar-refractivity contribution in [2.75, 3.05) is 11.9 Å². The van der Waals surface area contributed by atoms with Gasteiger partial charge in [0, 0.05) is 17.8 Å². The Balaban J connectivity index is 1.49. The topological polar surface area (TPSA) is 71.3 Å². The maximum absolute atomic E-state index is 12.3. The van der Waals surface area contributed by atoms with Gasteiger partial charge in [-0.05, 0) is 72.7 Å². The minimum absolute atomic E-state index is 0.0336. The largest absolute Gasteiger partial charge is 0.459 e. The molecule has 2 aromatic carbocycles. The number of nitrogens with one attached hydrogen (secondary N) is 2. The number of hydrogen-bond donors (Lipinski definition) is 2. The van der Waals surface area contributed by atoms with E-state index in [0.717, 1.165) is 28.9 Å². The number of amides is 2. The smallest absolute Gasteiger partial charge is 0.291 e. The predicted octanol–water partition coefficient (Wildman–Crippen LogP) is 4.65. The van der Waals surface area contributed by atoms with Crippen LogP contribution in [0.4, 0.5) is 5.69 Å². The number of furan rings is 1. The van der Waals surface area contributed by atoms with E-state index in [-0.39, 0.29) is 17.6 Å². The van der Waals surface area contributed by atoms with Crippen LogP contribution in [0.2, 0.25) is 0 Å². The molecule has 2 N–H and O–H groups in total. The van der Waals surface area contributed by atoms with Crippen molar-refractivity contribution in [2.45, 2.75) is 19.8 Å². The van der Waals surface area contributed by atoms with Crippen molar-refractivity contribution in [3.8, 4) is 11.1 Å². The minimum Gasteiger partial charge on any atom is -0.459 e. The standard InChI is InChI=1S/C23H22N2O3/c1-15-4-7-19(13-20(15)25-23(27)21-3-2-12-28-21)17-8-10-18(11-9-17)22(26)24-14-16-5-6-16/h2-4,7-13,16H,5-6,14H2,1H3,(H,24,26)(H,25,27). The predicted molar refractivity (Wildman–Crippen MR) is 108 cm³/mol. The monoisotopic (exact) mass is 374 g/mol. The zero-order chi connectivity index (χ0) is 19.5. The normalized spacial score (nSPS) is 13.2. The first-order valence-electron chi connectivity index (χ1n) is 9.44. The summed E-state index contributed by atoms with van der Waals surface area (Å²) in [6.45, 7) is 2.70. The van der Waals surface area contributed by atoms with E-state index in [2.05, 4.69) is 10.6 Å². The molecule has 0 aliphatic heterocycles. The first-order chi connectivity index (χ1) is 13.6. The van der Waals surface area contributed by atoms with Crippen LogP contribution in [0.1, 0.15) is 39.3 Å². The van der Waals surface area contributed by atoms with Gasteiger partial charge in [-0.1, -0.05) is 24.3 Å². The lowest BCUT2D eigenvalue weighted by Gasteiger charge is -2.11. The number of anilines is 1. The molecule has 1 aliphatic carbocycles. The lowest BCUT2D eigenvalue weighted by atomic mass is 10.0. The summed E-state index contributed by atoms with van der Waals surface area (Å²) < 4.78 is 5.15. The third-order valence-electron chi connectivity index (χ3n) is 4.96. The summed E-state index contributed by atoms with van der Waals surface area (Å²) in [4.78, 5) is 24.4. The van der Waals surface area contributed by atoms with Crippen LogP contribution in [0.3, 0.4) is 0 Å². The summed E-state index contributed by atoms with van der Waals surface area (Å²) in [7, 11) is 0. The SMILES string of the molecule is Cc1ccc(-c2ccc(C(=O)NCC3CC3)cc2)cc1NC(=O)c1ccco1. The van der Waals surface area contributed by atoms with Crippen molar-refractivity contribution in [2.24, 2.45) is 5.92 Å². The third kappa shape index (κ3) is 4.14. The highest BCUT2D eigenvalue weighted by Gasteiger charge is 2.21. The number of rotatable bonds is 6. The molecule has 0 bridgehead atoms. The molecule has 1 aromatic heterocycles. The number of hydrogen-bond acceptors (Lipinski definition) is 3. The van der Waals surface area contributed by atoms with Crippen molar-refractivity contribution < 1.29 is 14.0 Å². The maximum atomic E-state index is 12.3. The van der Waals surface area contributed by atoms with Crippen molar-refractivity contribution in [1.82, 2.24) is 5.32 Å². The lowest BCUT2D eigenvalue weighted by Crippen LogP contribution is -2.25. The highest BCUT2D eigenvalue weighted by molar-refractivity contribution is 6.03. The van der Waals surface area contributed by atoms with E-state index in [9.17, 15) is 9.59 Å². The fourth-order valence-corrected chi connectivity index (χ4v) is 3.00. The van der Waals surface area contributed by atoms with Gasteiger partial charge in [-0.3, -0.25) is 9.59 Å². The summed E-state index contributed by atoms with van der Waals surface area (Å²) in [5.41, 5.74) is 4.28. The van der Waals surface area contributed by atoms with Crippen LogP contribution in [0.15, 0.2) is 65.3 Å². The molecular weight excluding hydrogens is 352 g/mol. The van der Waals surface area contributed by atoms with Gasteiger partial charge in [0.1, 0.15) is 0 Å². The molecule has 5 heteroatoms. The number of carbonyl (C=O) groups is 2. The van der Waals surface area contributed by atoms with E-state index in [1.165, 1.54) is 19.1 Å². The molecule has 4 rings (SSSR count). The Kier molecular flexibility index (Phi) is 4.98. The van der Waals surface area contributed by atoms with Gasteiger partial charge in [-0.2, -0.15) is 0 Å². The molecule has 0 radical (unpaired) electrons. The quantitative estimate of drug-likeness (QED) is 0.660. The van der Waals surface area contributed by atoms with E-state index >= 15 is 0 Å². The Bertz CT molecular complexity index is 987. The maximum Gasteiger partial charge on any atom is 0.291 e. The number of aryl methyl sites for hydroxylation is 1. The van der Waals surface area contributed by atoms with Gasteiger partial charge in [0.05, 0.1) is 6.26 Å². The molecule has 5 nitrogen and oxygen atoms in total. The van der Waals surface area contributed by atoms with Crippen molar-refractivity contribution in [3.63, 3.8) is 0 Å². The Morgan fingerprint density at radius 2 is 1.75 bits per heavy atom. The molecule has 0 unspecified atom stereocenters. The van der Waals surface area contributed by atoms with Crippen molar-refractivity contribution in [3.05, 3.63) is 77.7 Å². The summed E-state index contributed by atoms with van der Waals surface area (Å²) in [5.74, 6) is 0.610. The molecule has 0 spiro atoms. The van der Waals surface area contributed by atoms with E-state index in [0.29, 0.717) is 11.5 Å². The average Bonchev–Trinajstić information content (AvgIpc) is 3.38. The lowest BCUT2D eigenvalue weighted by molar-refractivity contribution is 0.0950. The first kappa shape index (κ1) is 18.0. The average molecular weight is 374 g/mol. The Morgan fingerprint density at radius 1 is 1.00 bits per heavy atom. The molecule has 2 amide bonds. The molecule has 1 fully saturated rings. The van der Waals surface area contributed by atoms with Crippen LogP contribution in [0, 0.1) is 12.8 Å². The Labute approximate surface area is 163 Å². The number of benzene rings is 2. The fraction of sp³-hybridized carbons (Fsp3) is 0.217. The van der Waals surface area contributed by atoms with Gasteiger partial charge in [0.15, 0.2) is 5.76 Å². The Morgan fingerprint density at radius 3 is 2.43 bits per heavy atom. The van der Waals surface area contributed by atoms with Crippen molar-refractivity contribution in [1.29, 1.82) is 0 Å². The molecule has 28 heavy (non-hydrogen) atoms. The Hall–Kier alpha value is -3.34. The summed E-state index contributed by atoms with van der Waals surface area (Å²) in [6.07, 6.45) is 3.90. The van der Waals surface area contributed by atoms with Crippen molar-refractivity contribution >= 4 is 17.5 Å². The van der Waals surface area contributed by atoms with E-state index in [1.54, 1.807) is 12.1 Å². The van der Waals surface area contributed by atoms with Crippen LogP contribution in [-0.2, 0) is 0 Å². The van der Waals surface area contributed by atoms with Crippen LogP contribution in [-0.4, -0.2) is 18.4 Å². The molecule has 0 saturated heterocycles. The van der Waals surface area contributed by atoms with E-state index in [1.807, 2.05) is 49.4 Å². The highest BCUT2D eigenvalue weighted by Crippen LogP contribution is 2.28. The van der Waals surface area contributed by atoms with Gasteiger partial charge < -0.3 is 15.1 Å². The highest BCUT2D eigenvalue weighted by atomic mass is 16.3. The first-order valence-corrected chi connectivity index (χ1v) is 9.44. The summed E-state index contributed by atoms with van der Waals surface area (Å²) in [5, 5.41) is 5.87. The second kappa shape index (κ2) is 7.72.